The minimum absolute atomic E-state index is 0.0537. The Labute approximate surface area is 157 Å². The molecule has 2 aromatic carbocycles. The summed E-state index contributed by atoms with van der Waals surface area (Å²) in [5.74, 6) is -0.364. The number of aryl methyl sites for hydroxylation is 2. The molecule has 5 nitrogen and oxygen atoms in total. The maximum Gasteiger partial charge on any atom is 0.329 e. The summed E-state index contributed by atoms with van der Waals surface area (Å²) in [4.78, 5) is 27.0. The second-order valence-corrected chi connectivity index (χ2v) is 6.46. The molecule has 0 radical (unpaired) electrons. The summed E-state index contributed by atoms with van der Waals surface area (Å²) in [6.07, 6.45) is 0.223. The lowest BCUT2D eigenvalue weighted by Gasteiger charge is -2.21. The van der Waals surface area contributed by atoms with Gasteiger partial charge in [-0.25, -0.2) is 9.18 Å². The van der Waals surface area contributed by atoms with Crippen molar-refractivity contribution in [2.75, 3.05) is 6.54 Å². The van der Waals surface area contributed by atoms with Gasteiger partial charge in [-0.2, -0.15) is 0 Å². The summed E-state index contributed by atoms with van der Waals surface area (Å²) in [5.41, 5.74) is 2.37. The summed E-state index contributed by atoms with van der Waals surface area (Å²) in [6, 6.07) is 13.9. The molecule has 0 atom stereocenters. The van der Waals surface area contributed by atoms with Crippen LogP contribution >= 0.6 is 0 Å². The smallest absolute Gasteiger partial charge is 0.329 e. The zero-order chi connectivity index (χ0) is 19.4. The molecule has 142 valence electrons. The monoisotopic (exact) mass is 369 g/mol. The molecule has 6 heteroatoms. The third-order valence-corrected chi connectivity index (χ3v) is 4.79. The molecule has 27 heavy (non-hydrogen) atoms. The van der Waals surface area contributed by atoms with Crippen molar-refractivity contribution in [3.8, 4) is 0 Å². The number of nitrogens with zero attached hydrogens (tertiary/aromatic N) is 3. The van der Waals surface area contributed by atoms with Crippen LogP contribution in [0.25, 0.3) is 11.0 Å². The highest BCUT2D eigenvalue weighted by molar-refractivity contribution is 5.78. The number of carbonyl (C=O) groups is 1. The number of hydrogen-bond acceptors (Lipinski definition) is 2. The van der Waals surface area contributed by atoms with Gasteiger partial charge in [0.05, 0.1) is 11.0 Å². The van der Waals surface area contributed by atoms with Crippen LogP contribution in [0.3, 0.4) is 0 Å². The Balaban J connectivity index is 1.76. The van der Waals surface area contributed by atoms with Crippen LogP contribution in [-0.2, 0) is 24.4 Å². The van der Waals surface area contributed by atoms with E-state index in [2.05, 4.69) is 0 Å². The van der Waals surface area contributed by atoms with Gasteiger partial charge in [0.15, 0.2) is 0 Å². The second-order valence-electron chi connectivity index (χ2n) is 6.46. The highest BCUT2D eigenvalue weighted by Crippen LogP contribution is 2.14. The number of hydrogen-bond donors (Lipinski definition) is 0. The van der Waals surface area contributed by atoms with Gasteiger partial charge in [0.2, 0.25) is 5.91 Å². The molecule has 3 aromatic rings. The van der Waals surface area contributed by atoms with Crippen LogP contribution in [0, 0.1) is 5.82 Å². The van der Waals surface area contributed by atoms with Crippen molar-refractivity contribution < 1.29 is 9.18 Å². The molecule has 0 N–H and O–H groups in total. The van der Waals surface area contributed by atoms with E-state index in [0.717, 1.165) is 16.6 Å². The quantitative estimate of drug-likeness (QED) is 0.641. The maximum absolute atomic E-state index is 13.4. The zero-order valence-electron chi connectivity index (χ0n) is 15.7. The van der Waals surface area contributed by atoms with Crippen LogP contribution in [0.5, 0.6) is 0 Å². The third-order valence-electron chi connectivity index (χ3n) is 4.79. The first-order chi connectivity index (χ1) is 13.0. The molecule has 1 aromatic heterocycles. The first-order valence-electron chi connectivity index (χ1n) is 9.25. The number of amides is 1. The third kappa shape index (κ3) is 3.94. The molecule has 3 rings (SSSR count). The molecule has 0 saturated heterocycles. The van der Waals surface area contributed by atoms with Gasteiger partial charge in [-0.15, -0.1) is 0 Å². The lowest BCUT2D eigenvalue weighted by molar-refractivity contribution is -0.131. The molecule has 0 spiro atoms. The predicted molar refractivity (Wildman–Crippen MR) is 104 cm³/mol. The summed E-state index contributed by atoms with van der Waals surface area (Å²) >= 11 is 0. The highest BCUT2D eigenvalue weighted by Gasteiger charge is 2.16. The van der Waals surface area contributed by atoms with Crippen molar-refractivity contribution in [1.29, 1.82) is 0 Å². The molecule has 0 aliphatic rings. The van der Waals surface area contributed by atoms with Crippen LogP contribution in [0.2, 0.25) is 0 Å². The Hall–Kier alpha value is -2.89. The van der Waals surface area contributed by atoms with Crippen molar-refractivity contribution in [2.24, 2.45) is 0 Å². The van der Waals surface area contributed by atoms with E-state index in [1.165, 1.54) is 12.1 Å². The average molecular weight is 369 g/mol. The minimum atomic E-state index is -0.310. The molecular formula is C21H24FN3O2. The minimum Gasteiger partial charge on any atom is -0.339 e. The maximum atomic E-state index is 13.4. The molecule has 1 heterocycles. The van der Waals surface area contributed by atoms with E-state index < -0.39 is 0 Å². The molecule has 0 aliphatic carbocycles. The summed E-state index contributed by atoms with van der Waals surface area (Å²) < 4.78 is 16.7. The molecule has 0 saturated carbocycles. The van der Waals surface area contributed by atoms with Crippen LogP contribution in [0.1, 0.15) is 25.8 Å². The molecule has 0 bridgehead atoms. The van der Waals surface area contributed by atoms with Crippen molar-refractivity contribution in [3.63, 3.8) is 0 Å². The fourth-order valence-electron chi connectivity index (χ4n) is 3.39. The highest BCUT2D eigenvalue weighted by atomic mass is 19.1. The lowest BCUT2D eigenvalue weighted by Crippen LogP contribution is -2.32. The number of halogens is 1. The molecule has 0 aliphatic heterocycles. The number of benzene rings is 2. The summed E-state index contributed by atoms with van der Waals surface area (Å²) in [5, 5.41) is 0. The van der Waals surface area contributed by atoms with E-state index in [0.29, 0.717) is 26.2 Å². The van der Waals surface area contributed by atoms with Gasteiger partial charge in [-0.1, -0.05) is 24.3 Å². The first-order valence-corrected chi connectivity index (χ1v) is 9.25. The standard InChI is InChI=1S/C21H24FN3O2/c1-3-23(15-16-8-7-9-17(22)14-16)20(26)12-13-25-19-11-6-5-10-18(19)24(4-2)21(25)27/h5-11,14H,3-4,12-13,15H2,1-2H3. The average Bonchev–Trinajstić information content (AvgIpc) is 2.95. The first kappa shape index (κ1) is 18.9. The number of fused-ring (bicyclic) bond motifs is 1. The molecule has 0 unspecified atom stereocenters. The molecule has 1 amide bonds. The van der Waals surface area contributed by atoms with Crippen molar-refractivity contribution in [2.45, 2.75) is 39.9 Å². The SMILES string of the molecule is CCN(Cc1cccc(F)c1)C(=O)CCn1c(=O)n(CC)c2ccccc21. The normalized spacial score (nSPS) is 11.1. The van der Waals surface area contributed by atoms with E-state index in [4.69, 9.17) is 0 Å². The van der Waals surface area contributed by atoms with Gasteiger partial charge in [-0.3, -0.25) is 13.9 Å². The van der Waals surface area contributed by atoms with E-state index in [-0.39, 0.29) is 23.8 Å². The van der Waals surface area contributed by atoms with Gasteiger partial charge in [0.25, 0.3) is 0 Å². The van der Waals surface area contributed by atoms with Gasteiger partial charge < -0.3 is 4.90 Å². The Morgan fingerprint density at radius 2 is 1.74 bits per heavy atom. The number of para-hydroxylation sites is 2. The van der Waals surface area contributed by atoms with Crippen molar-refractivity contribution in [3.05, 3.63) is 70.4 Å². The second kappa shape index (κ2) is 8.20. The van der Waals surface area contributed by atoms with E-state index in [1.54, 1.807) is 26.2 Å². The fourth-order valence-corrected chi connectivity index (χ4v) is 3.39. The van der Waals surface area contributed by atoms with Gasteiger partial charge in [-0.05, 0) is 43.7 Å². The van der Waals surface area contributed by atoms with Gasteiger partial charge in [0, 0.05) is 32.6 Å². The van der Waals surface area contributed by atoms with Crippen molar-refractivity contribution in [1.82, 2.24) is 14.0 Å². The Morgan fingerprint density at radius 3 is 2.37 bits per heavy atom. The Bertz CT molecular complexity index is 1010. The van der Waals surface area contributed by atoms with Crippen LogP contribution in [0.4, 0.5) is 4.39 Å². The largest absolute Gasteiger partial charge is 0.339 e. The van der Waals surface area contributed by atoms with E-state index in [1.807, 2.05) is 38.1 Å². The number of imidazole rings is 1. The zero-order valence-corrected chi connectivity index (χ0v) is 15.7. The van der Waals surface area contributed by atoms with E-state index >= 15 is 0 Å². The number of rotatable bonds is 7. The topological polar surface area (TPSA) is 47.2 Å². The summed E-state index contributed by atoms with van der Waals surface area (Å²) in [7, 11) is 0. The predicted octanol–water partition coefficient (Wildman–Crippen LogP) is 3.40. The van der Waals surface area contributed by atoms with Crippen LogP contribution in [0.15, 0.2) is 53.3 Å². The molecular weight excluding hydrogens is 345 g/mol. The fraction of sp³-hybridized carbons (Fsp3) is 0.333. The Morgan fingerprint density at radius 1 is 1.04 bits per heavy atom. The van der Waals surface area contributed by atoms with Crippen LogP contribution in [-0.4, -0.2) is 26.5 Å². The summed E-state index contributed by atoms with van der Waals surface area (Å²) in [6.45, 7) is 5.62. The van der Waals surface area contributed by atoms with Gasteiger partial charge >= 0.3 is 5.69 Å². The lowest BCUT2D eigenvalue weighted by atomic mass is 10.2. The molecule has 0 fully saturated rings. The Kier molecular flexibility index (Phi) is 5.74. The van der Waals surface area contributed by atoms with E-state index in [9.17, 15) is 14.0 Å². The van der Waals surface area contributed by atoms with Gasteiger partial charge in [0.1, 0.15) is 5.82 Å². The number of carbonyl (C=O) groups excluding carboxylic acids is 1. The van der Waals surface area contributed by atoms with Crippen LogP contribution < -0.4 is 5.69 Å². The number of aromatic nitrogens is 2. The van der Waals surface area contributed by atoms with Crippen molar-refractivity contribution >= 4 is 16.9 Å².